The van der Waals surface area contributed by atoms with Gasteiger partial charge in [0.2, 0.25) is 0 Å². The predicted molar refractivity (Wildman–Crippen MR) is 68.6 cm³/mol. The maximum absolute atomic E-state index is 12.5. The highest BCUT2D eigenvalue weighted by Crippen LogP contribution is 2.31. The van der Waals surface area contributed by atoms with Crippen LogP contribution in [-0.2, 0) is 6.18 Å². The Morgan fingerprint density at radius 2 is 1.55 bits per heavy atom. The van der Waals surface area contributed by atoms with Crippen molar-refractivity contribution >= 4 is 11.4 Å². The number of rotatable bonds is 3. The second-order valence-electron chi connectivity index (χ2n) is 3.95. The Morgan fingerprint density at radius 3 is 2.15 bits per heavy atom. The lowest BCUT2D eigenvalue weighted by Crippen LogP contribution is -2.03. The average molecular weight is 280 g/mol. The van der Waals surface area contributed by atoms with Crippen molar-refractivity contribution in [3.8, 4) is 5.75 Å². The third-order valence-corrected chi connectivity index (χ3v) is 2.53. The molecular weight excluding hydrogens is 269 g/mol. The summed E-state index contributed by atoms with van der Waals surface area (Å²) in [4.78, 5) is 0. The minimum atomic E-state index is -4.38. The second kappa shape index (κ2) is 5.73. The number of halogens is 3. The summed E-state index contributed by atoms with van der Waals surface area (Å²) in [6.07, 6.45) is -4.38. The molecule has 2 rings (SSSR count). The molecule has 0 aliphatic carbocycles. The van der Waals surface area contributed by atoms with Crippen LogP contribution in [0.3, 0.4) is 0 Å². The first-order valence-electron chi connectivity index (χ1n) is 5.72. The Hall–Kier alpha value is -2.37. The van der Waals surface area contributed by atoms with Crippen molar-refractivity contribution in [1.29, 1.82) is 0 Å². The van der Waals surface area contributed by atoms with Crippen molar-refractivity contribution in [3.05, 3.63) is 54.1 Å². The molecule has 6 heteroatoms. The fourth-order valence-corrected chi connectivity index (χ4v) is 1.51. The quantitative estimate of drug-likeness (QED) is 0.717. The van der Waals surface area contributed by atoms with Gasteiger partial charge in [-0.05, 0) is 42.5 Å². The normalized spacial score (nSPS) is 11.8. The third-order valence-electron chi connectivity index (χ3n) is 2.53. The molecule has 0 atom stereocenters. The summed E-state index contributed by atoms with van der Waals surface area (Å²) < 4.78 is 42.6. The van der Waals surface area contributed by atoms with E-state index in [1.165, 1.54) is 12.1 Å². The number of alkyl halides is 3. The highest BCUT2D eigenvalue weighted by Gasteiger charge is 2.30. The van der Waals surface area contributed by atoms with E-state index in [2.05, 4.69) is 10.2 Å². The highest BCUT2D eigenvalue weighted by atomic mass is 19.4. The van der Waals surface area contributed by atoms with Gasteiger partial charge in [-0.1, -0.05) is 6.07 Å². The van der Waals surface area contributed by atoms with Crippen LogP contribution in [0.1, 0.15) is 5.56 Å². The van der Waals surface area contributed by atoms with Crippen LogP contribution in [0.2, 0.25) is 0 Å². The second-order valence-corrected chi connectivity index (χ2v) is 3.95. The Morgan fingerprint density at radius 1 is 0.900 bits per heavy atom. The Balaban J connectivity index is 2.18. The van der Waals surface area contributed by atoms with Gasteiger partial charge in [0.15, 0.2) is 0 Å². The fourth-order valence-electron chi connectivity index (χ4n) is 1.51. The van der Waals surface area contributed by atoms with E-state index in [-0.39, 0.29) is 5.69 Å². The van der Waals surface area contributed by atoms with E-state index in [0.717, 1.165) is 12.1 Å². The Kier molecular flexibility index (Phi) is 4.02. The van der Waals surface area contributed by atoms with E-state index in [9.17, 15) is 13.2 Å². The summed E-state index contributed by atoms with van der Waals surface area (Å²) in [5.74, 6) is 0.669. The molecule has 3 nitrogen and oxygen atoms in total. The van der Waals surface area contributed by atoms with Crippen LogP contribution in [-0.4, -0.2) is 7.11 Å². The van der Waals surface area contributed by atoms with Crippen LogP contribution >= 0.6 is 0 Å². The predicted octanol–water partition coefficient (Wildman–Crippen LogP) is 5.13. The van der Waals surface area contributed by atoms with Gasteiger partial charge in [0.05, 0.1) is 24.0 Å². The highest BCUT2D eigenvalue weighted by molar-refractivity contribution is 5.44. The molecule has 2 aromatic rings. The monoisotopic (exact) mass is 280 g/mol. The molecule has 0 aromatic heterocycles. The molecule has 0 N–H and O–H groups in total. The van der Waals surface area contributed by atoms with Crippen LogP contribution in [0.4, 0.5) is 24.5 Å². The number of hydrogen-bond acceptors (Lipinski definition) is 3. The van der Waals surface area contributed by atoms with E-state index in [1.54, 1.807) is 31.4 Å². The van der Waals surface area contributed by atoms with Gasteiger partial charge in [-0.3, -0.25) is 0 Å². The molecule has 0 bridgehead atoms. The van der Waals surface area contributed by atoms with Gasteiger partial charge in [-0.2, -0.15) is 23.4 Å². The van der Waals surface area contributed by atoms with Gasteiger partial charge in [-0.25, -0.2) is 0 Å². The first kappa shape index (κ1) is 14.0. The van der Waals surface area contributed by atoms with Crippen LogP contribution in [0.15, 0.2) is 58.8 Å². The smallest absolute Gasteiger partial charge is 0.416 e. The van der Waals surface area contributed by atoms with Gasteiger partial charge >= 0.3 is 6.18 Å². The van der Waals surface area contributed by atoms with E-state index >= 15 is 0 Å². The molecule has 0 spiro atoms. The zero-order chi connectivity index (χ0) is 14.6. The lowest BCUT2D eigenvalue weighted by atomic mass is 10.2. The van der Waals surface area contributed by atoms with Gasteiger partial charge in [0.25, 0.3) is 0 Å². The minimum Gasteiger partial charge on any atom is -0.497 e. The van der Waals surface area contributed by atoms with Crippen molar-refractivity contribution in [3.63, 3.8) is 0 Å². The standard InChI is InChI=1S/C14H11F3N2O/c1-20-13-7-5-11(6-8-13)18-19-12-4-2-3-10(9-12)14(15,16)17/h2-9H,1H3/b19-18+. The maximum atomic E-state index is 12.5. The zero-order valence-corrected chi connectivity index (χ0v) is 10.6. The molecule has 0 aliphatic rings. The summed E-state index contributed by atoms with van der Waals surface area (Å²) in [5.41, 5.74) is -0.0671. The molecule has 0 amide bonds. The molecule has 104 valence electrons. The van der Waals surface area contributed by atoms with E-state index in [4.69, 9.17) is 4.74 Å². The number of ether oxygens (including phenoxy) is 1. The lowest BCUT2D eigenvalue weighted by Gasteiger charge is -2.05. The third kappa shape index (κ3) is 3.57. The average Bonchev–Trinajstić information content (AvgIpc) is 2.45. The van der Waals surface area contributed by atoms with Crippen LogP contribution in [0.5, 0.6) is 5.75 Å². The number of methoxy groups -OCH3 is 1. The topological polar surface area (TPSA) is 34.0 Å². The van der Waals surface area contributed by atoms with E-state index in [0.29, 0.717) is 11.4 Å². The van der Waals surface area contributed by atoms with Gasteiger partial charge in [0, 0.05) is 0 Å². The summed E-state index contributed by atoms with van der Waals surface area (Å²) >= 11 is 0. The SMILES string of the molecule is COc1ccc(/N=N/c2cccc(C(F)(F)F)c2)cc1. The molecule has 20 heavy (non-hydrogen) atoms. The first-order valence-corrected chi connectivity index (χ1v) is 5.72. The van der Waals surface area contributed by atoms with Crippen molar-refractivity contribution in [1.82, 2.24) is 0 Å². The van der Waals surface area contributed by atoms with Crippen LogP contribution in [0.25, 0.3) is 0 Å². The summed E-state index contributed by atoms with van der Waals surface area (Å²) in [6.45, 7) is 0. The molecule has 0 saturated heterocycles. The van der Waals surface area contributed by atoms with E-state index in [1.807, 2.05) is 0 Å². The van der Waals surface area contributed by atoms with Crippen molar-refractivity contribution in [2.45, 2.75) is 6.18 Å². The molecule has 2 aromatic carbocycles. The van der Waals surface area contributed by atoms with Crippen LogP contribution < -0.4 is 4.74 Å². The molecule has 0 heterocycles. The van der Waals surface area contributed by atoms with Gasteiger partial charge < -0.3 is 4.74 Å². The summed E-state index contributed by atoms with van der Waals surface area (Å²) in [7, 11) is 1.54. The Labute approximate surface area is 113 Å². The van der Waals surface area contributed by atoms with Gasteiger partial charge in [-0.15, -0.1) is 0 Å². The summed E-state index contributed by atoms with van der Waals surface area (Å²) in [5, 5.41) is 7.67. The molecule has 0 radical (unpaired) electrons. The maximum Gasteiger partial charge on any atom is 0.416 e. The van der Waals surface area contributed by atoms with Crippen molar-refractivity contribution < 1.29 is 17.9 Å². The largest absolute Gasteiger partial charge is 0.497 e. The lowest BCUT2D eigenvalue weighted by molar-refractivity contribution is -0.137. The number of hydrogen-bond donors (Lipinski definition) is 0. The zero-order valence-electron chi connectivity index (χ0n) is 10.6. The Bertz CT molecular complexity index is 607. The molecular formula is C14H11F3N2O. The molecule has 0 unspecified atom stereocenters. The molecule has 0 saturated carbocycles. The first-order chi connectivity index (χ1) is 9.49. The van der Waals surface area contributed by atoms with Gasteiger partial charge in [0.1, 0.15) is 5.75 Å². The fraction of sp³-hybridized carbons (Fsp3) is 0.143. The summed E-state index contributed by atoms with van der Waals surface area (Å²) in [6, 6.07) is 11.4. The van der Waals surface area contributed by atoms with E-state index < -0.39 is 11.7 Å². The molecule has 0 aliphatic heterocycles. The molecule has 0 fully saturated rings. The number of azo groups is 1. The number of nitrogens with zero attached hydrogens (tertiary/aromatic N) is 2. The number of benzene rings is 2. The van der Waals surface area contributed by atoms with Crippen LogP contribution in [0, 0.1) is 0 Å². The van der Waals surface area contributed by atoms with Crippen molar-refractivity contribution in [2.75, 3.05) is 7.11 Å². The van der Waals surface area contributed by atoms with Crippen molar-refractivity contribution in [2.24, 2.45) is 10.2 Å². The minimum absolute atomic E-state index is 0.149.